The fourth-order valence-electron chi connectivity index (χ4n) is 2.18. The smallest absolute Gasteiger partial charge is 0.311 e. The predicted molar refractivity (Wildman–Crippen MR) is 69.9 cm³/mol. The van der Waals surface area contributed by atoms with E-state index >= 15 is 0 Å². The Kier molecular flexibility index (Phi) is 3.59. The molecule has 0 radical (unpaired) electrons. The van der Waals surface area contributed by atoms with Crippen molar-refractivity contribution in [3.05, 3.63) is 18.2 Å². The Labute approximate surface area is 111 Å². The Balaban J connectivity index is 2.30. The number of esters is 1. The summed E-state index contributed by atoms with van der Waals surface area (Å²) in [6, 6.07) is 5.06. The van der Waals surface area contributed by atoms with Crippen LogP contribution in [0.15, 0.2) is 18.2 Å². The minimum absolute atomic E-state index is 0.140. The summed E-state index contributed by atoms with van der Waals surface area (Å²) in [5.41, 5.74) is 6.85. The van der Waals surface area contributed by atoms with Crippen LogP contribution >= 0.6 is 0 Å². The fraction of sp³-hybridized carbons (Fsp3) is 0.385. The molecule has 1 heterocycles. The van der Waals surface area contributed by atoms with Crippen LogP contribution in [0.5, 0.6) is 5.75 Å². The highest BCUT2D eigenvalue weighted by Crippen LogP contribution is 2.34. The number of nitrogen functional groups attached to an aromatic ring is 1. The van der Waals surface area contributed by atoms with Crippen molar-refractivity contribution in [3.63, 3.8) is 0 Å². The van der Waals surface area contributed by atoms with Gasteiger partial charge in [-0.1, -0.05) is 0 Å². The first-order valence-electron chi connectivity index (χ1n) is 5.88. The van der Waals surface area contributed by atoms with Crippen LogP contribution in [-0.2, 0) is 14.3 Å². The monoisotopic (exact) mass is 264 g/mol. The predicted octanol–water partition coefficient (Wildman–Crippen LogP) is 0.803. The van der Waals surface area contributed by atoms with Gasteiger partial charge in [-0.15, -0.1) is 0 Å². The van der Waals surface area contributed by atoms with Crippen molar-refractivity contribution in [1.82, 2.24) is 0 Å². The summed E-state index contributed by atoms with van der Waals surface area (Å²) in [5, 5.41) is 0. The minimum Gasteiger partial charge on any atom is -0.495 e. The highest BCUT2D eigenvalue weighted by molar-refractivity contribution is 6.00. The number of anilines is 2. The van der Waals surface area contributed by atoms with Gasteiger partial charge in [0.05, 0.1) is 25.8 Å². The van der Waals surface area contributed by atoms with Gasteiger partial charge in [-0.2, -0.15) is 0 Å². The highest BCUT2D eigenvalue weighted by Gasteiger charge is 2.36. The molecule has 1 atom stereocenters. The zero-order chi connectivity index (χ0) is 14.0. The number of nitrogens with two attached hydrogens (primary N) is 1. The molecule has 2 rings (SSSR count). The zero-order valence-electron chi connectivity index (χ0n) is 10.9. The van der Waals surface area contributed by atoms with E-state index in [0.29, 0.717) is 17.1 Å². The minimum atomic E-state index is -0.441. The van der Waals surface area contributed by atoms with E-state index < -0.39 is 5.92 Å². The topological polar surface area (TPSA) is 81.9 Å². The summed E-state index contributed by atoms with van der Waals surface area (Å²) >= 11 is 0. The molecule has 1 aliphatic heterocycles. The summed E-state index contributed by atoms with van der Waals surface area (Å²) in [4.78, 5) is 25.0. The number of benzene rings is 1. The number of rotatable bonds is 3. The quantitative estimate of drug-likeness (QED) is 0.645. The third-order valence-corrected chi connectivity index (χ3v) is 3.15. The van der Waals surface area contributed by atoms with Crippen LogP contribution in [-0.4, -0.2) is 32.6 Å². The molecule has 102 valence electrons. The number of amides is 1. The maximum atomic E-state index is 12.0. The van der Waals surface area contributed by atoms with Crippen molar-refractivity contribution in [2.45, 2.75) is 6.42 Å². The van der Waals surface area contributed by atoms with Gasteiger partial charge in [-0.3, -0.25) is 9.59 Å². The van der Waals surface area contributed by atoms with Gasteiger partial charge in [0, 0.05) is 18.7 Å². The Morgan fingerprint density at radius 3 is 2.79 bits per heavy atom. The van der Waals surface area contributed by atoms with Crippen LogP contribution in [0.1, 0.15) is 6.42 Å². The molecule has 1 aromatic carbocycles. The summed E-state index contributed by atoms with van der Waals surface area (Å²) in [5.74, 6) is -0.408. The number of carbonyl (C=O) groups is 2. The van der Waals surface area contributed by atoms with Gasteiger partial charge in [-0.25, -0.2) is 0 Å². The van der Waals surface area contributed by atoms with Gasteiger partial charge in [0.2, 0.25) is 5.91 Å². The van der Waals surface area contributed by atoms with Gasteiger partial charge in [0.25, 0.3) is 0 Å². The molecule has 6 heteroatoms. The van der Waals surface area contributed by atoms with Crippen molar-refractivity contribution < 1.29 is 19.1 Å². The van der Waals surface area contributed by atoms with Crippen molar-refractivity contribution in [2.75, 3.05) is 31.4 Å². The van der Waals surface area contributed by atoms with Crippen LogP contribution in [0, 0.1) is 5.92 Å². The molecular weight excluding hydrogens is 248 g/mol. The van der Waals surface area contributed by atoms with E-state index in [1.165, 1.54) is 19.1 Å². The number of carbonyl (C=O) groups excluding carboxylic acids is 2. The molecule has 0 saturated carbocycles. The van der Waals surface area contributed by atoms with Crippen LogP contribution in [0.3, 0.4) is 0 Å². The zero-order valence-corrected chi connectivity index (χ0v) is 10.9. The first kappa shape index (κ1) is 13.2. The molecule has 6 nitrogen and oxygen atoms in total. The molecule has 1 saturated heterocycles. The molecule has 0 spiro atoms. The van der Waals surface area contributed by atoms with Crippen molar-refractivity contribution in [3.8, 4) is 5.75 Å². The molecule has 2 N–H and O–H groups in total. The van der Waals surface area contributed by atoms with E-state index in [0.717, 1.165) is 0 Å². The van der Waals surface area contributed by atoms with E-state index in [-0.39, 0.29) is 24.8 Å². The van der Waals surface area contributed by atoms with E-state index in [9.17, 15) is 9.59 Å². The molecule has 1 aromatic rings. The third-order valence-electron chi connectivity index (χ3n) is 3.15. The van der Waals surface area contributed by atoms with E-state index in [1.54, 1.807) is 18.2 Å². The number of methoxy groups -OCH3 is 2. The summed E-state index contributed by atoms with van der Waals surface area (Å²) in [7, 11) is 2.84. The lowest BCUT2D eigenvalue weighted by atomic mass is 10.1. The normalized spacial score (nSPS) is 18.5. The number of nitrogens with zero attached hydrogens (tertiary/aromatic N) is 1. The first-order valence-corrected chi connectivity index (χ1v) is 5.88. The second kappa shape index (κ2) is 5.17. The molecule has 19 heavy (non-hydrogen) atoms. The molecular formula is C13H16N2O4. The summed E-state index contributed by atoms with van der Waals surface area (Å²) in [6.07, 6.45) is 0.143. The molecule has 0 unspecified atom stereocenters. The highest BCUT2D eigenvalue weighted by atomic mass is 16.5. The van der Waals surface area contributed by atoms with E-state index in [1.807, 2.05) is 0 Å². The Morgan fingerprint density at radius 2 is 2.16 bits per heavy atom. The van der Waals surface area contributed by atoms with Crippen molar-refractivity contribution >= 4 is 23.3 Å². The second-order valence-electron chi connectivity index (χ2n) is 4.36. The Bertz CT molecular complexity index is 515. The van der Waals surface area contributed by atoms with Crippen LogP contribution in [0.25, 0.3) is 0 Å². The van der Waals surface area contributed by atoms with Crippen molar-refractivity contribution in [1.29, 1.82) is 0 Å². The lowest BCUT2D eigenvalue weighted by molar-refractivity contribution is -0.145. The maximum Gasteiger partial charge on any atom is 0.311 e. The van der Waals surface area contributed by atoms with Crippen molar-refractivity contribution in [2.24, 2.45) is 5.92 Å². The van der Waals surface area contributed by atoms with Crippen LogP contribution < -0.4 is 15.4 Å². The summed E-state index contributed by atoms with van der Waals surface area (Å²) < 4.78 is 9.89. The van der Waals surface area contributed by atoms with Crippen LogP contribution in [0.4, 0.5) is 11.4 Å². The van der Waals surface area contributed by atoms with Gasteiger partial charge >= 0.3 is 5.97 Å². The Morgan fingerprint density at radius 1 is 1.42 bits per heavy atom. The average molecular weight is 264 g/mol. The SMILES string of the molecule is COC(=O)[C@H]1CC(=O)N(c2cc(N)ccc2OC)C1. The average Bonchev–Trinajstić information content (AvgIpc) is 2.79. The van der Waals surface area contributed by atoms with Gasteiger partial charge in [0.1, 0.15) is 5.75 Å². The molecule has 0 bridgehead atoms. The van der Waals surface area contributed by atoms with E-state index in [2.05, 4.69) is 4.74 Å². The largest absolute Gasteiger partial charge is 0.495 e. The van der Waals surface area contributed by atoms with Gasteiger partial charge < -0.3 is 20.1 Å². The number of hydrogen-bond acceptors (Lipinski definition) is 5. The van der Waals surface area contributed by atoms with Crippen LogP contribution in [0.2, 0.25) is 0 Å². The first-order chi connectivity index (χ1) is 9.06. The third kappa shape index (κ3) is 2.47. The molecule has 1 fully saturated rings. The van der Waals surface area contributed by atoms with Gasteiger partial charge in [0.15, 0.2) is 0 Å². The molecule has 1 amide bonds. The molecule has 0 aliphatic carbocycles. The van der Waals surface area contributed by atoms with Gasteiger partial charge in [-0.05, 0) is 18.2 Å². The number of hydrogen-bond donors (Lipinski definition) is 1. The Hall–Kier alpha value is -2.24. The fourth-order valence-corrected chi connectivity index (χ4v) is 2.18. The second-order valence-corrected chi connectivity index (χ2v) is 4.36. The molecule has 1 aliphatic rings. The number of ether oxygens (including phenoxy) is 2. The standard InChI is InChI=1S/C13H16N2O4/c1-18-11-4-3-9(14)6-10(11)15-7-8(5-12(15)16)13(17)19-2/h3-4,6,8H,5,7,14H2,1-2H3/t8-/m0/s1. The lowest BCUT2D eigenvalue weighted by Crippen LogP contribution is -2.26. The summed E-state index contributed by atoms with van der Waals surface area (Å²) in [6.45, 7) is 0.283. The van der Waals surface area contributed by atoms with E-state index in [4.69, 9.17) is 10.5 Å². The lowest BCUT2D eigenvalue weighted by Gasteiger charge is -2.19. The maximum absolute atomic E-state index is 12.0. The molecule has 0 aromatic heterocycles.